The minimum absolute atomic E-state index is 0.0354. The monoisotopic (exact) mass is 140 g/mol. The van der Waals surface area contributed by atoms with Crippen LogP contribution in [0.4, 0.5) is 0 Å². The molecular weight excluding hydrogens is 132 g/mol. The second kappa shape index (κ2) is 1.96. The van der Waals surface area contributed by atoms with Crippen molar-refractivity contribution in [3.05, 3.63) is 12.3 Å². The molecule has 2 heterocycles. The first-order valence-corrected chi connectivity index (χ1v) is 3.12. The molecule has 0 bridgehead atoms. The second-order valence-electron chi connectivity index (χ2n) is 2.24. The van der Waals surface area contributed by atoms with Gasteiger partial charge in [-0.2, -0.15) is 5.53 Å². The molecule has 1 amide bonds. The van der Waals surface area contributed by atoms with E-state index in [0.717, 1.165) is 6.54 Å². The van der Waals surface area contributed by atoms with Crippen molar-refractivity contribution in [2.75, 3.05) is 6.54 Å². The highest BCUT2D eigenvalue weighted by Crippen LogP contribution is 2.01. The first kappa shape index (κ1) is 5.70. The number of carbonyl (C=O) groups excluding carboxylic acids is 1. The number of hydrogen-bond donors (Lipinski definition) is 3. The molecule has 0 aromatic carbocycles. The van der Waals surface area contributed by atoms with Crippen molar-refractivity contribution in [1.29, 1.82) is 0 Å². The summed E-state index contributed by atoms with van der Waals surface area (Å²) in [6, 6.07) is 0. The molecule has 2 aliphatic heterocycles. The van der Waals surface area contributed by atoms with Crippen LogP contribution in [-0.4, -0.2) is 23.6 Å². The van der Waals surface area contributed by atoms with E-state index in [1.54, 1.807) is 11.2 Å². The summed E-state index contributed by atoms with van der Waals surface area (Å²) in [7, 11) is 0. The third-order valence-electron chi connectivity index (χ3n) is 1.53. The molecule has 5 heteroatoms. The number of hydrogen-bond acceptors (Lipinski definition) is 4. The van der Waals surface area contributed by atoms with Gasteiger partial charge in [0.05, 0.1) is 6.54 Å². The van der Waals surface area contributed by atoms with Crippen LogP contribution >= 0.6 is 0 Å². The van der Waals surface area contributed by atoms with Crippen LogP contribution < -0.4 is 16.3 Å². The molecule has 0 saturated carbocycles. The summed E-state index contributed by atoms with van der Waals surface area (Å²) < 4.78 is 0. The standard InChI is InChI=1S/C5H8N4O/c10-5-1-2-9-4(7-5)3-6-8-9/h1-2,4,6,8H,3H2,(H,7,10). The molecule has 2 rings (SSSR count). The molecule has 5 nitrogen and oxygen atoms in total. The van der Waals surface area contributed by atoms with Crippen molar-refractivity contribution < 1.29 is 4.79 Å². The van der Waals surface area contributed by atoms with Crippen molar-refractivity contribution in [2.45, 2.75) is 6.17 Å². The first-order valence-electron chi connectivity index (χ1n) is 3.12. The molecule has 0 aromatic heterocycles. The van der Waals surface area contributed by atoms with Crippen LogP contribution in [0.3, 0.4) is 0 Å². The minimum atomic E-state index is -0.0354. The quantitative estimate of drug-likeness (QED) is 0.374. The van der Waals surface area contributed by atoms with Crippen LogP contribution in [0.15, 0.2) is 12.3 Å². The Hall–Kier alpha value is -1.07. The van der Waals surface area contributed by atoms with E-state index in [9.17, 15) is 4.79 Å². The van der Waals surface area contributed by atoms with Gasteiger partial charge < -0.3 is 5.32 Å². The van der Waals surface area contributed by atoms with E-state index in [-0.39, 0.29) is 12.1 Å². The Kier molecular flexibility index (Phi) is 1.12. The van der Waals surface area contributed by atoms with E-state index in [0.29, 0.717) is 0 Å². The molecule has 1 fully saturated rings. The van der Waals surface area contributed by atoms with Gasteiger partial charge in [-0.05, 0) is 0 Å². The van der Waals surface area contributed by atoms with E-state index >= 15 is 0 Å². The highest BCUT2D eigenvalue weighted by molar-refractivity contribution is 5.88. The van der Waals surface area contributed by atoms with Crippen molar-refractivity contribution in [1.82, 2.24) is 21.3 Å². The molecule has 0 aromatic rings. The van der Waals surface area contributed by atoms with Gasteiger partial charge in [0.15, 0.2) is 0 Å². The summed E-state index contributed by atoms with van der Waals surface area (Å²) in [5.41, 5.74) is 5.76. The molecule has 1 atom stereocenters. The molecule has 1 saturated heterocycles. The Morgan fingerprint density at radius 2 is 2.60 bits per heavy atom. The first-order chi connectivity index (χ1) is 4.86. The number of fused-ring (bicyclic) bond motifs is 1. The van der Waals surface area contributed by atoms with E-state index in [4.69, 9.17) is 0 Å². The molecular formula is C5H8N4O. The molecule has 0 spiro atoms. The summed E-state index contributed by atoms with van der Waals surface area (Å²) >= 11 is 0. The highest BCUT2D eigenvalue weighted by atomic mass is 16.2. The fraction of sp³-hybridized carbons (Fsp3) is 0.400. The average molecular weight is 140 g/mol. The largest absolute Gasteiger partial charge is 0.330 e. The maximum absolute atomic E-state index is 10.7. The number of rotatable bonds is 0. The van der Waals surface area contributed by atoms with Gasteiger partial charge in [0.25, 0.3) is 0 Å². The lowest BCUT2D eigenvalue weighted by Gasteiger charge is -2.24. The van der Waals surface area contributed by atoms with Crippen molar-refractivity contribution in [3.8, 4) is 0 Å². The molecule has 3 N–H and O–H groups in total. The molecule has 54 valence electrons. The lowest BCUT2D eigenvalue weighted by Crippen LogP contribution is -2.48. The Morgan fingerprint density at radius 3 is 3.50 bits per heavy atom. The third kappa shape index (κ3) is 0.758. The molecule has 10 heavy (non-hydrogen) atoms. The summed E-state index contributed by atoms with van der Waals surface area (Å²) in [6.07, 6.45) is 3.26. The molecule has 2 aliphatic rings. The maximum Gasteiger partial charge on any atom is 0.247 e. The predicted molar refractivity (Wildman–Crippen MR) is 34.0 cm³/mol. The van der Waals surface area contributed by atoms with Gasteiger partial charge in [-0.3, -0.25) is 9.80 Å². The van der Waals surface area contributed by atoms with Crippen LogP contribution in [0.1, 0.15) is 0 Å². The zero-order valence-electron chi connectivity index (χ0n) is 5.29. The van der Waals surface area contributed by atoms with Crippen LogP contribution in [0.2, 0.25) is 0 Å². The van der Waals surface area contributed by atoms with E-state index in [1.807, 2.05) is 0 Å². The molecule has 0 radical (unpaired) electrons. The summed E-state index contributed by atoms with van der Waals surface area (Å²) in [6.45, 7) is 0.732. The number of nitrogens with zero attached hydrogens (tertiary/aromatic N) is 1. The lowest BCUT2D eigenvalue weighted by molar-refractivity contribution is -0.118. The van der Waals surface area contributed by atoms with Crippen LogP contribution in [0.25, 0.3) is 0 Å². The highest BCUT2D eigenvalue weighted by Gasteiger charge is 2.24. The smallest absolute Gasteiger partial charge is 0.247 e. The summed E-state index contributed by atoms with van der Waals surface area (Å²) in [5, 5.41) is 4.56. The molecule has 1 unspecified atom stereocenters. The fourth-order valence-electron chi connectivity index (χ4n) is 1.03. The molecule has 0 aliphatic carbocycles. The van der Waals surface area contributed by atoms with Crippen molar-refractivity contribution in [3.63, 3.8) is 0 Å². The second-order valence-corrected chi connectivity index (χ2v) is 2.24. The zero-order chi connectivity index (χ0) is 6.97. The Bertz CT molecular complexity index is 190. The van der Waals surface area contributed by atoms with Gasteiger partial charge >= 0.3 is 0 Å². The summed E-state index contributed by atoms with van der Waals surface area (Å²) in [5.74, 6) is -0.0354. The SMILES string of the molecule is O=C1C=CN2NNCC2N1. The topological polar surface area (TPSA) is 56.4 Å². The van der Waals surface area contributed by atoms with Crippen LogP contribution in [-0.2, 0) is 4.79 Å². The number of carbonyl (C=O) groups is 1. The number of nitrogens with one attached hydrogen (secondary N) is 3. The van der Waals surface area contributed by atoms with E-state index in [1.165, 1.54) is 6.08 Å². The van der Waals surface area contributed by atoms with Gasteiger partial charge in [-0.15, -0.1) is 0 Å². The van der Waals surface area contributed by atoms with Crippen molar-refractivity contribution in [2.24, 2.45) is 0 Å². The predicted octanol–water partition coefficient (Wildman–Crippen LogP) is -1.72. The number of hydrazine groups is 2. The minimum Gasteiger partial charge on any atom is -0.330 e. The number of amides is 1. The maximum atomic E-state index is 10.7. The van der Waals surface area contributed by atoms with Gasteiger partial charge in [-0.1, -0.05) is 0 Å². The average Bonchev–Trinajstić information content (AvgIpc) is 2.33. The van der Waals surface area contributed by atoms with Gasteiger partial charge in [0.2, 0.25) is 5.91 Å². The van der Waals surface area contributed by atoms with Crippen molar-refractivity contribution >= 4 is 5.91 Å². The lowest BCUT2D eigenvalue weighted by atomic mass is 10.4. The van der Waals surface area contributed by atoms with E-state index < -0.39 is 0 Å². The van der Waals surface area contributed by atoms with Gasteiger partial charge in [0, 0.05) is 12.3 Å². The zero-order valence-corrected chi connectivity index (χ0v) is 5.29. The van der Waals surface area contributed by atoms with E-state index in [2.05, 4.69) is 16.3 Å². The fourth-order valence-corrected chi connectivity index (χ4v) is 1.03. The Balaban J connectivity index is 2.16. The van der Waals surface area contributed by atoms with Gasteiger partial charge in [0.1, 0.15) is 6.17 Å². The Labute approximate surface area is 58.0 Å². The Morgan fingerprint density at radius 1 is 1.70 bits per heavy atom. The normalized spacial score (nSPS) is 30.2. The van der Waals surface area contributed by atoms with Crippen LogP contribution in [0, 0.1) is 0 Å². The summed E-state index contributed by atoms with van der Waals surface area (Å²) in [4.78, 5) is 10.7. The van der Waals surface area contributed by atoms with Gasteiger partial charge in [-0.25, -0.2) is 5.43 Å². The third-order valence-corrected chi connectivity index (χ3v) is 1.53. The van der Waals surface area contributed by atoms with Crippen LogP contribution in [0.5, 0.6) is 0 Å².